The molecule has 0 amide bonds. The molecule has 0 spiro atoms. The molecule has 1 saturated carbocycles. The second-order valence-electron chi connectivity index (χ2n) is 8.58. The summed E-state index contributed by atoms with van der Waals surface area (Å²) >= 11 is 0. The fourth-order valence-corrected chi connectivity index (χ4v) is 5.35. The van der Waals surface area contributed by atoms with Crippen molar-refractivity contribution in [2.75, 3.05) is 19.6 Å². The van der Waals surface area contributed by atoms with E-state index in [0.717, 1.165) is 56.3 Å². The van der Waals surface area contributed by atoms with Crippen LogP contribution in [0, 0.1) is 23.0 Å². The Labute approximate surface area is 170 Å². The van der Waals surface area contributed by atoms with E-state index in [1.807, 2.05) is 0 Å². The van der Waals surface area contributed by atoms with Gasteiger partial charge in [-0.2, -0.15) is 0 Å². The normalized spacial score (nSPS) is 24.2. The number of nitrogens with zero attached hydrogens (tertiary/aromatic N) is 1. The molecule has 2 aliphatic rings. The van der Waals surface area contributed by atoms with Crippen molar-refractivity contribution in [1.82, 2.24) is 4.90 Å². The Morgan fingerprint density at radius 2 is 1.66 bits per heavy atom. The lowest BCUT2D eigenvalue weighted by Gasteiger charge is -2.24. The van der Waals surface area contributed by atoms with E-state index in [9.17, 15) is 18.7 Å². The van der Waals surface area contributed by atoms with Crippen LogP contribution in [0.15, 0.2) is 48.5 Å². The number of carboxylic acid groups (broad SMARTS) is 1. The maximum Gasteiger partial charge on any atom is 0.311 e. The van der Waals surface area contributed by atoms with Crippen LogP contribution in [-0.2, 0) is 4.79 Å². The molecular formula is C24H27F2NO2. The van der Waals surface area contributed by atoms with Gasteiger partial charge in [0.05, 0.1) is 5.41 Å². The molecule has 154 valence electrons. The molecule has 1 saturated heterocycles. The highest BCUT2D eigenvalue weighted by Crippen LogP contribution is 2.49. The molecular weight excluding hydrogens is 372 g/mol. The average molecular weight is 399 g/mol. The van der Waals surface area contributed by atoms with Gasteiger partial charge in [-0.25, -0.2) is 8.78 Å². The van der Waals surface area contributed by atoms with Crippen LogP contribution < -0.4 is 0 Å². The quantitative estimate of drug-likeness (QED) is 0.707. The van der Waals surface area contributed by atoms with E-state index in [0.29, 0.717) is 6.54 Å². The zero-order valence-electron chi connectivity index (χ0n) is 16.5. The van der Waals surface area contributed by atoms with Crippen LogP contribution in [-0.4, -0.2) is 35.6 Å². The van der Waals surface area contributed by atoms with Crippen LogP contribution in [0.3, 0.4) is 0 Å². The van der Waals surface area contributed by atoms with E-state index in [2.05, 4.69) is 4.90 Å². The third-order valence-electron chi connectivity index (χ3n) is 6.88. The minimum atomic E-state index is -0.641. The zero-order valence-corrected chi connectivity index (χ0v) is 16.5. The minimum Gasteiger partial charge on any atom is -0.481 e. The Morgan fingerprint density at radius 1 is 1.07 bits per heavy atom. The number of hydrogen-bond donors (Lipinski definition) is 1. The number of rotatable bonds is 7. The van der Waals surface area contributed by atoms with Gasteiger partial charge in [0.15, 0.2) is 0 Å². The minimum absolute atomic E-state index is 0.0618. The molecule has 2 aromatic carbocycles. The summed E-state index contributed by atoms with van der Waals surface area (Å²) < 4.78 is 26.7. The van der Waals surface area contributed by atoms with Crippen LogP contribution in [0.1, 0.15) is 49.1 Å². The standard InChI is InChI=1S/C24H27F2NO2/c25-20-9-5-17(6-10-20)22(18-7-11-21(26)12-8-18)4-2-14-27-15-19-3-1-13-24(19,16-27)23(28)29/h5-12,19,22H,1-4,13-16H2,(H,28,29)/t19-,24+/m0/s1. The van der Waals surface area contributed by atoms with Crippen molar-refractivity contribution >= 4 is 5.97 Å². The molecule has 4 rings (SSSR count). The highest BCUT2D eigenvalue weighted by atomic mass is 19.1. The topological polar surface area (TPSA) is 40.5 Å². The van der Waals surface area contributed by atoms with Crippen molar-refractivity contribution < 1.29 is 18.7 Å². The lowest BCUT2D eigenvalue weighted by atomic mass is 9.81. The molecule has 1 aliphatic heterocycles. The number of carboxylic acids is 1. The molecule has 2 fully saturated rings. The molecule has 0 unspecified atom stereocenters. The number of halogens is 2. The van der Waals surface area contributed by atoms with E-state index in [1.165, 1.54) is 24.3 Å². The van der Waals surface area contributed by atoms with Gasteiger partial charge in [0, 0.05) is 19.0 Å². The van der Waals surface area contributed by atoms with Crippen molar-refractivity contribution in [3.8, 4) is 0 Å². The molecule has 29 heavy (non-hydrogen) atoms. The molecule has 2 atom stereocenters. The van der Waals surface area contributed by atoms with Crippen molar-refractivity contribution in [2.24, 2.45) is 11.3 Å². The number of benzene rings is 2. The molecule has 1 aliphatic carbocycles. The zero-order chi connectivity index (χ0) is 20.4. The van der Waals surface area contributed by atoms with Gasteiger partial charge >= 0.3 is 5.97 Å². The summed E-state index contributed by atoms with van der Waals surface area (Å²) in [5.41, 5.74) is 1.48. The largest absolute Gasteiger partial charge is 0.481 e. The van der Waals surface area contributed by atoms with Crippen LogP contribution in [0.25, 0.3) is 0 Å². The van der Waals surface area contributed by atoms with Crippen LogP contribution in [0.2, 0.25) is 0 Å². The van der Waals surface area contributed by atoms with Crippen molar-refractivity contribution in [3.05, 3.63) is 71.3 Å². The second-order valence-corrected chi connectivity index (χ2v) is 8.58. The van der Waals surface area contributed by atoms with Gasteiger partial charge in [-0.3, -0.25) is 4.79 Å². The van der Waals surface area contributed by atoms with Crippen LogP contribution in [0.4, 0.5) is 8.78 Å². The Bertz CT molecular complexity index is 807. The second kappa shape index (κ2) is 8.23. The highest BCUT2D eigenvalue weighted by molar-refractivity contribution is 5.76. The Hall–Kier alpha value is -2.27. The predicted molar refractivity (Wildman–Crippen MR) is 108 cm³/mol. The SMILES string of the molecule is O=C(O)[C@@]12CCC[C@H]1CN(CCCC(c1ccc(F)cc1)c1ccc(F)cc1)C2. The van der Waals surface area contributed by atoms with Gasteiger partial charge in [-0.1, -0.05) is 30.7 Å². The fraction of sp³-hybridized carbons (Fsp3) is 0.458. The monoisotopic (exact) mass is 399 g/mol. The van der Waals surface area contributed by atoms with Gasteiger partial charge in [0.2, 0.25) is 0 Å². The van der Waals surface area contributed by atoms with Gasteiger partial charge < -0.3 is 10.0 Å². The summed E-state index contributed by atoms with van der Waals surface area (Å²) in [5, 5.41) is 9.76. The molecule has 0 radical (unpaired) electrons. The lowest BCUT2D eigenvalue weighted by Crippen LogP contribution is -2.35. The maximum atomic E-state index is 13.4. The summed E-state index contributed by atoms with van der Waals surface area (Å²) in [5.74, 6) is -0.849. The summed E-state index contributed by atoms with van der Waals surface area (Å²) in [7, 11) is 0. The first-order chi connectivity index (χ1) is 14.0. The predicted octanol–water partition coefficient (Wildman–Crippen LogP) is 5.06. The average Bonchev–Trinajstić information content (AvgIpc) is 3.25. The van der Waals surface area contributed by atoms with E-state index in [4.69, 9.17) is 0 Å². The third-order valence-corrected chi connectivity index (χ3v) is 6.88. The van der Waals surface area contributed by atoms with Gasteiger partial charge in [-0.15, -0.1) is 0 Å². The maximum absolute atomic E-state index is 13.4. The number of aliphatic carboxylic acids is 1. The Balaban J connectivity index is 1.43. The van der Waals surface area contributed by atoms with Gasteiger partial charge in [0.25, 0.3) is 0 Å². The summed E-state index contributed by atoms with van der Waals surface area (Å²) in [4.78, 5) is 14.2. The molecule has 1 heterocycles. The fourth-order valence-electron chi connectivity index (χ4n) is 5.35. The van der Waals surface area contributed by atoms with Crippen molar-refractivity contribution in [3.63, 3.8) is 0 Å². The number of carbonyl (C=O) groups is 1. The van der Waals surface area contributed by atoms with Crippen LogP contribution in [0.5, 0.6) is 0 Å². The van der Waals surface area contributed by atoms with E-state index in [-0.39, 0.29) is 23.5 Å². The van der Waals surface area contributed by atoms with E-state index >= 15 is 0 Å². The molecule has 3 nitrogen and oxygen atoms in total. The van der Waals surface area contributed by atoms with Gasteiger partial charge in [-0.05, 0) is 73.5 Å². The van der Waals surface area contributed by atoms with Crippen molar-refractivity contribution in [1.29, 1.82) is 0 Å². The van der Waals surface area contributed by atoms with E-state index in [1.54, 1.807) is 24.3 Å². The molecule has 2 aromatic rings. The molecule has 5 heteroatoms. The summed E-state index contributed by atoms with van der Waals surface area (Å²) in [6, 6.07) is 13.0. The van der Waals surface area contributed by atoms with Crippen molar-refractivity contribution in [2.45, 2.75) is 38.0 Å². The lowest BCUT2D eigenvalue weighted by molar-refractivity contribution is -0.149. The highest BCUT2D eigenvalue weighted by Gasteiger charge is 2.54. The van der Waals surface area contributed by atoms with Gasteiger partial charge in [0.1, 0.15) is 11.6 Å². The first-order valence-corrected chi connectivity index (χ1v) is 10.4. The summed E-state index contributed by atoms with van der Waals surface area (Å²) in [6.07, 6.45) is 4.57. The molecule has 0 aromatic heterocycles. The first kappa shape index (κ1) is 20.0. The van der Waals surface area contributed by atoms with Crippen LogP contribution >= 0.6 is 0 Å². The Morgan fingerprint density at radius 3 is 2.17 bits per heavy atom. The third kappa shape index (κ3) is 4.06. The van der Waals surface area contributed by atoms with E-state index < -0.39 is 11.4 Å². The molecule has 1 N–H and O–H groups in total. The molecule has 0 bridgehead atoms. The number of likely N-dealkylation sites (tertiary alicyclic amines) is 1. The smallest absolute Gasteiger partial charge is 0.311 e. The first-order valence-electron chi connectivity index (χ1n) is 10.4. The summed E-state index contributed by atoms with van der Waals surface area (Å²) in [6.45, 7) is 2.36. The Kier molecular flexibility index (Phi) is 5.68. The number of fused-ring (bicyclic) bond motifs is 1. The number of hydrogen-bond acceptors (Lipinski definition) is 2.